The summed E-state index contributed by atoms with van der Waals surface area (Å²) in [4.78, 5) is 47.1. The lowest BCUT2D eigenvalue weighted by atomic mass is 9.84. The molecule has 1 aliphatic carbocycles. The number of carbonyl (C=O) groups is 3. The molecule has 2 aromatic rings. The Hall–Kier alpha value is -3.14. The van der Waals surface area contributed by atoms with Gasteiger partial charge < -0.3 is 0 Å². The fourth-order valence-corrected chi connectivity index (χ4v) is 2.37. The van der Waals surface area contributed by atoms with Crippen LogP contribution in [-0.4, -0.2) is 23.6 Å². The third-order valence-electron chi connectivity index (χ3n) is 3.45. The average Bonchev–Trinajstić information content (AvgIpc) is 2.57. The third-order valence-corrected chi connectivity index (χ3v) is 3.45. The summed E-state index contributed by atoms with van der Waals surface area (Å²) in [6, 6.07) is 12.6. The molecule has 0 bridgehead atoms. The van der Waals surface area contributed by atoms with E-state index >= 15 is 0 Å². The number of allylic oxidation sites excluding steroid dienone is 2. The lowest BCUT2D eigenvalue weighted by Crippen LogP contribution is -2.21. The Morgan fingerprint density at radius 2 is 1.64 bits per heavy atom. The van der Waals surface area contributed by atoms with Crippen molar-refractivity contribution >= 4 is 29.2 Å². The van der Waals surface area contributed by atoms with E-state index in [-0.39, 0.29) is 22.5 Å². The number of fused-ring (bicyclic) bond motifs is 1. The summed E-state index contributed by atoms with van der Waals surface area (Å²) in [5.41, 5.74) is 1.16. The molecular weight excluding hydrogens is 280 g/mol. The fourth-order valence-electron chi connectivity index (χ4n) is 2.37. The predicted molar refractivity (Wildman–Crippen MR) is 79.3 cm³/mol. The van der Waals surface area contributed by atoms with E-state index < -0.39 is 11.6 Å². The van der Waals surface area contributed by atoms with E-state index in [9.17, 15) is 19.2 Å². The zero-order valence-electron chi connectivity index (χ0n) is 11.3. The largest absolute Gasteiger partial charge is 0.289 e. The van der Waals surface area contributed by atoms with Gasteiger partial charge in [-0.15, -0.1) is 0 Å². The monoisotopic (exact) mass is 289 g/mol. The highest BCUT2D eigenvalue weighted by Crippen LogP contribution is 2.28. The Balaban J connectivity index is 2.18. The molecule has 0 N–H and O–H groups in total. The lowest BCUT2D eigenvalue weighted by molar-refractivity contribution is -0.111. The maximum Gasteiger partial charge on any atom is 0.233 e. The Labute approximate surface area is 126 Å². The van der Waals surface area contributed by atoms with Crippen LogP contribution in [0.4, 0.5) is 0 Å². The van der Waals surface area contributed by atoms with Crippen LogP contribution in [0.2, 0.25) is 0 Å². The van der Waals surface area contributed by atoms with Crippen molar-refractivity contribution in [3.63, 3.8) is 0 Å². The molecule has 0 saturated carbocycles. The van der Waals surface area contributed by atoms with Crippen LogP contribution in [0, 0.1) is 0 Å². The fraction of sp³-hybridized carbons (Fsp3) is 0. The number of hydrogen-bond acceptors (Lipinski definition) is 4. The van der Waals surface area contributed by atoms with Gasteiger partial charge >= 0.3 is 0 Å². The SMILES string of the molecule is O=[C]c1ccc2c(c1)C(C(=O)c1ccccc1)=CC(=O)C2=O. The third kappa shape index (κ3) is 2.20. The maximum absolute atomic E-state index is 12.6. The smallest absolute Gasteiger partial charge is 0.233 e. The molecule has 0 amide bonds. The minimum absolute atomic E-state index is 0.114. The first-order chi connectivity index (χ1) is 10.6. The Morgan fingerprint density at radius 3 is 2.32 bits per heavy atom. The van der Waals surface area contributed by atoms with Crippen LogP contribution in [0.3, 0.4) is 0 Å². The first-order valence-electron chi connectivity index (χ1n) is 6.54. The standard InChI is InChI=1S/C18H9O4/c19-10-11-6-7-13-14(8-11)15(9-16(20)18(13)22)17(21)12-4-2-1-3-5-12/h1-9H. The minimum atomic E-state index is -0.741. The molecule has 4 heteroatoms. The van der Waals surface area contributed by atoms with Gasteiger partial charge in [-0.2, -0.15) is 0 Å². The number of Topliss-reactive ketones (excluding diaryl/α,β-unsaturated/α-hetero) is 2. The van der Waals surface area contributed by atoms with E-state index in [1.165, 1.54) is 18.2 Å². The molecule has 0 atom stereocenters. The van der Waals surface area contributed by atoms with Crippen molar-refractivity contribution in [2.75, 3.05) is 0 Å². The molecule has 0 aliphatic heterocycles. The highest BCUT2D eigenvalue weighted by molar-refractivity contribution is 6.54. The normalized spacial score (nSPS) is 13.4. The highest BCUT2D eigenvalue weighted by atomic mass is 16.2. The summed E-state index contributed by atoms with van der Waals surface area (Å²) < 4.78 is 0. The molecule has 0 spiro atoms. The van der Waals surface area contributed by atoms with E-state index in [0.717, 1.165) is 6.08 Å². The first kappa shape index (κ1) is 13.8. The summed E-state index contributed by atoms with van der Waals surface area (Å²) in [7, 11) is 0. The van der Waals surface area contributed by atoms with Crippen molar-refractivity contribution in [3.05, 3.63) is 76.9 Å². The Bertz CT molecular complexity index is 845. The second kappa shape index (κ2) is 5.33. The van der Waals surface area contributed by atoms with Crippen LogP contribution in [0.1, 0.15) is 31.8 Å². The van der Waals surface area contributed by atoms with Crippen molar-refractivity contribution in [1.82, 2.24) is 0 Å². The Kier molecular flexibility index (Phi) is 3.35. The summed E-state index contributed by atoms with van der Waals surface area (Å²) >= 11 is 0. The molecule has 2 aromatic carbocycles. The van der Waals surface area contributed by atoms with Gasteiger partial charge in [0.05, 0.1) is 0 Å². The quantitative estimate of drug-likeness (QED) is 0.641. The molecule has 22 heavy (non-hydrogen) atoms. The van der Waals surface area contributed by atoms with E-state index in [1.807, 2.05) is 0 Å². The molecule has 0 unspecified atom stereocenters. The van der Waals surface area contributed by atoms with Crippen LogP contribution in [0.15, 0.2) is 54.6 Å². The molecule has 1 radical (unpaired) electrons. The lowest BCUT2D eigenvalue weighted by Gasteiger charge is -2.15. The molecule has 3 rings (SSSR count). The summed E-state index contributed by atoms with van der Waals surface area (Å²) in [5, 5.41) is 0. The van der Waals surface area contributed by atoms with Crippen molar-refractivity contribution in [2.45, 2.75) is 0 Å². The van der Waals surface area contributed by atoms with Gasteiger partial charge in [0.15, 0.2) is 5.78 Å². The zero-order chi connectivity index (χ0) is 15.7. The van der Waals surface area contributed by atoms with Crippen molar-refractivity contribution < 1.29 is 19.2 Å². The summed E-state index contributed by atoms with van der Waals surface area (Å²) in [5.74, 6) is -1.79. The van der Waals surface area contributed by atoms with Crippen LogP contribution in [0.5, 0.6) is 0 Å². The second-order valence-electron chi connectivity index (χ2n) is 4.81. The van der Waals surface area contributed by atoms with Crippen molar-refractivity contribution in [1.29, 1.82) is 0 Å². The topological polar surface area (TPSA) is 68.3 Å². The summed E-state index contributed by atoms with van der Waals surface area (Å²) in [6.45, 7) is 0. The van der Waals surface area contributed by atoms with Gasteiger partial charge in [0, 0.05) is 28.3 Å². The average molecular weight is 289 g/mol. The number of carbonyl (C=O) groups excluding carboxylic acids is 4. The Morgan fingerprint density at radius 1 is 0.909 bits per heavy atom. The van der Waals surface area contributed by atoms with E-state index in [4.69, 9.17) is 0 Å². The number of hydrogen-bond donors (Lipinski definition) is 0. The number of ketones is 3. The van der Waals surface area contributed by atoms with Crippen molar-refractivity contribution in [2.24, 2.45) is 0 Å². The first-order valence-corrected chi connectivity index (χ1v) is 6.54. The molecule has 0 aromatic heterocycles. The van der Waals surface area contributed by atoms with Crippen molar-refractivity contribution in [3.8, 4) is 0 Å². The second-order valence-corrected chi connectivity index (χ2v) is 4.81. The molecule has 0 fully saturated rings. The maximum atomic E-state index is 12.6. The van der Waals surface area contributed by atoms with Crippen LogP contribution < -0.4 is 0 Å². The van der Waals surface area contributed by atoms with Gasteiger partial charge in [-0.05, 0) is 17.7 Å². The van der Waals surface area contributed by atoms with E-state index in [0.29, 0.717) is 11.1 Å². The van der Waals surface area contributed by atoms with Gasteiger partial charge in [-0.1, -0.05) is 36.4 Å². The van der Waals surface area contributed by atoms with Gasteiger partial charge in [0.2, 0.25) is 17.9 Å². The molecule has 105 valence electrons. The van der Waals surface area contributed by atoms with Gasteiger partial charge in [-0.25, -0.2) is 0 Å². The van der Waals surface area contributed by atoms with Gasteiger partial charge in [0.25, 0.3) is 0 Å². The van der Waals surface area contributed by atoms with Crippen LogP contribution in [-0.2, 0) is 9.59 Å². The van der Waals surface area contributed by atoms with E-state index in [1.54, 1.807) is 36.6 Å². The van der Waals surface area contributed by atoms with Crippen LogP contribution >= 0.6 is 0 Å². The number of benzene rings is 2. The predicted octanol–water partition coefficient (Wildman–Crippen LogP) is 2.18. The summed E-state index contributed by atoms with van der Waals surface area (Å²) in [6.07, 6.45) is 2.75. The number of rotatable bonds is 3. The highest BCUT2D eigenvalue weighted by Gasteiger charge is 2.29. The molecule has 0 heterocycles. The van der Waals surface area contributed by atoms with Gasteiger partial charge in [0.1, 0.15) is 0 Å². The molecule has 1 aliphatic rings. The van der Waals surface area contributed by atoms with Gasteiger partial charge in [-0.3, -0.25) is 19.2 Å². The zero-order valence-corrected chi connectivity index (χ0v) is 11.3. The van der Waals surface area contributed by atoms with Crippen LogP contribution in [0.25, 0.3) is 5.57 Å². The molecular formula is C18H9O4. The van der Waals surface area contributed by atoms with E-state index in [2.05, 4.69) is 0 Å². The molecule has 0 saturated heterocycles. The molecule has 4 nitrogen and oxygen atoms in total. The minimum Gasteiger partial charge on any atom is -0.289 e.